The molecule has 3 heteroatoms. The molecule has 0 aromatic heterocycles. The van der Waals surface area contributed by atoms with Crippen molar-refractivity contribution in [1.82, 2.24) is 0 Å². The minimum atomic E-state index is -1.91. The van der Waals surface area contributed by atoms with Crippen LogP contribution in [-0.4, -0.2) is 18.5 Å². The average molecular weight is 395 g/mol. The highest BCUT2D eigenvalue weighted by Gasteiger charge is 2.40. The van der Waals surface area contributed by atoms with Gasteiger partial charge in [0, 0.05) is 0 Å². The minimum Gasteiger partial charge on any atom is -0.244 e. The number of rotatable bonds is 4. The number of alkyl halides is 3. The zero-order chi connectivity index (χ0) is 19.7. The average Bonchev–Trinajstić information content (AvgIpc) is 3.11. The summed E-state index contributed by atoms with van der Waals surface area (Å²) in [5.41, 5.74) is 2.80. The second-order valence-corrected chi connectivity index (χ2v) is 10.3. The van der Waals surface area contributed by atoms with Crippen molar-refractivity contribution in [2.45, 2.75) is 102 Å². The lowest BCUT2D eigenvalue weighted by Crippen LogP contribution is -2.38. The van der Waals surface area contributed by atoms with Crippen LogP contribution in [0.25, 0.3) is 0 Å². The van der Waals surface area contributed by atoms with Crippen molar-refractivity contribution in [3.05, 3.63) is 23.3 Å². The molecule has 0 saturated heterocycles. The number of hydrogen-bond donors (Lipinski definition) is 0. The largest absolute Gasteiger partial charge is 0.244 e. The number of hydrogen-bond acceptors (Lipinski definition) is 0. The van der Waals surface area contributed by atoms with Crippen LogP contribution in [0.4, 0.5) is 13.2 Å². The predicted octanol–water partition coefficient (Wildman–Crippen LogP) is 7.69. The smallest absolute Gasteiger partial charge is 0.162 e. The molecule has 4 rings (SSSR count). The van der Waals surface area contributed by atoms with Crippen LogP contribution in [0.15, 0.2) is 23.3 Å². The van der Waals surface area contributed by atoms with E-state index < -0.39 is 18.5 Å². The Balaban J connectivity index is 1.23. The Labute approximate surface area is 169 Å². The van der Waals surface area contributed by atoms with Gasteiger partial charge >= 0.3 is 0 Å². The maximum atomic E-state index is 13.8. The van der Waals surface area contributed by atoms with Gasteiger partial charge in [0.15, 0.2) is 6.17 Å². The van der Waals surface area contributed by atoms with Crippen molar-refractivity contribution >= 4 is 0 Å². The normalized spacial score (nSPS) is 44.9. The van der Waals surface area contributed by atoms with Gasteiger partial charge in [-0.1, -0.05) is 36.1 Å². The zero-order valence-electron chi connectivity index (χ0n) is 17.4. The lowest BCUT2D eigenvalue weighted by atomic mass is 9.68. The minimum absolute atomic E-state index is 0.0726. The molecule has 0 heterocycles. The van der Waals surface area contributed by atoms with Crippen molar-refractivity contribution < 1.29 is 13.2 Å². The van der Waals surface area contributed by atoms with Crippen LogP contribution in [0.2, 0.25) is 0 Å². The third kappa shape index (κ3) is 4.70. The monoisotopic (exact) mass is 394 g/mol. The summed E-state index contributed by atoms with van der Waals surface area (Å²) in [6, 6.07) is 0. The molecule has 0 amide bonds. The molecule has 4 aliphatic carbocycles. The van der Waals surface area contributed by atoms with Gasteiger partial charge in [-0.25, -0.2) is 13.2 Å². The third-order valence-corrected chi connectivity index (χ3v) is 8.35. The standard InChI is InChI=1S/C25H37F3/c1-16-2-3-18(12-16)13-17-4-6-19(7-5-17)20-8-10-21(11-9-20)22-14-23(26)25(28)24(27)15-22/h10,12,17-20,22-25H,2-9,11,13-15H2,1H3. The maximum absolute atomic E-state index is 13.8. The maximum Gasteiger partial charge on any atom is 0.162 e. The second-order valence-electron chi connectivity index (χ2n) is 10.3. The van der Waals surface area contributed by atoms with Crippen LogP contribution >= 0.6 is 0 Å². The predicted molar refractivity (Wildman–Crippen MR) is 109 cm³/mol. The van der Waals surface area contributed by atoms with E-state index in [9.17, 15) is 13.2 Å². The van der Waals surface area contributed by atoms with Crippen LogP contribution in [0, 0.1) is 29.6 Å². The van der Waals surface area contributed by atoms with Gasteiger partial charge in [-0.3, -0.25) is 0 Å². The molecule has 0 radical (unpaired) electrons. The first-order valence-corrected chi connectivity index (χ1v) is 11.8. The van der Waals surface area contributed by atoms with Crippen LogP contribution in [0.3, 0.4) is 0 Å². The molecule has 28 heavy (non-hydrogen) atoms. The third-order valence-electron chi connectivity index (χ3n) is 8.35. The zero-order valence-corrected chi connectivity index (χ0v) is 17.4. The highest BCUT2D eigenvalue weighted by atomic mass is 19.2. The lowest BCUT2D eigenvalue weighted by molar-refractivity contribution is 0.0243. The van der Waals surface area contributed by atoms with E-state index in [1.54, 1.807) is 5.57 Å². The van der Waals surface area contributed by atoms with Gasteiger partial charge in [0.05, 0.1) is 0 Å². The molecular formula is C25H37F3. The first kappa shape index (κ1) is 20.5. The molecule has 0 aliphatic heterocycles. The Morgan fingerprint density at radius 1 is 0.857 bits per heavy atom. The molecule has 0 aromatic rings. The molecule has 4 aliphatic rings. The second kappa shape index (κ2) is 8.96. The summed E-state index contributed by atoms with van der Waals surface area (Å²) in [6.07, 6.45) is 12.7. The van der Waals surface area contributed by atoms with Crippen LogP contribution in [0.5, 0.6) is 0 Å². The molecule has 4 unspecified atom stereocenters. The Hall–Kier alpha value is -0.730. The van der Waals surface area contributed by atoms with Gasteiger partial charge in [0.25, 0.3) is 0 Å². The summed E-state index contributed by atoms with van der Waals surface area (Å²) in [4.78, 5) is 0. The molecular weight excluding hydrogens is 357 g/mol. The van der Waals surface area contributed by atoms with Gasteiger partial charge in [-0.15, -0.1) is 0 Å². The SMILES string of the molecule is CC1=CC(CC2CCC(C3CC=C(C4CC(F)C(F)C(F)C4)CC3)CC2)CC1. The van der Waals surface area contributed by atoms with Gasteiger partial charge < -0.3 is 0 Å². The fourth-order valence-electron chi connectivity index (χ4n) is 6.59. The molecule has 2 saturated carbocycles. The Kier molecular flexibility index (Phi) is 6.57. The van der Waals surface area contributed by atoms with E-state index in [1.165, 1.54) is 50.5 Å². The van der Waals surface area contributed by atoms with Crippen LogP contribution in [-0.2, 0) is 0 Å². The molecule has 0 aromatic carbocycles. The van der Waals surface area contributed by atoms with Crippen LogP contribution in [0.1, 0.15) is 84.0 Å². The van der Waals surface area contributed by atoms with Gasteiger partial charge in [0.2, 0.25) is 0 Å². The molecule has 2 fully saturated rings. The summed E-state index contributed by atoms with van der Waals surface area (Å²) in [6.45, 7) is 2.27. The summed E-state index contributed by atoms with van der Waals surface area (Å²) in [7, 11) is 0. The summed E-state index contributed by atoms with van der Waals surface area (Å²) in [5.74, 6) is 3.26. The van der Waals surface area contributed by atoms with E-state index in [4.69, 9.17) is 0 Å². The number of allylic oxidation sites excluding steroid dienone is 4. The van der Waals surface area contributed by atoms with Crippen molar-refractivity contribution in [2.24, 2.45) is 29.6 Å². The number of halogens is 3. The molecule has 0 bridgehead atoms. The Morgan fingerprint density at radius 3 is 2.14 bits per heavy atom. The van der Waals surface area contributed by atoms with Crippen LogP contribution < -0.4 is 0 Å². The summed E-state index contributed by atoms with van der Waals surface area (Å²) >= 11 is 0. The van der Waals surface area contributed by atoms with E-state index >= 15 is 0 Å². The quantitative estimate of drug-likeness (QED) is 0.429. The van der Waals surface area contributed by atoms with Gasteiger partial charge in [0.1, 0.15) is 12.3 Å². The highest BCUT2D eigenvalue weighted by Crippen LogP contribution is 2.45. The Morgan fingerprint density at radius 2 is 1.57 bits per heavy atom. The van der Waals surface area contributed by atoms with E-state index in [-0.39, 0.29) is 18.8 Å². The van der Waals surface area contributed by atoms with Crippen molar-refractivity contribution in [2.75, 3.05) is 0 Å². The van der Waals surface area contributed by atoms with E-state index in [0.29, 0.717) is 0 Å². The van der Waals surface area contributed by atoms with Crippen molar-refractivity contribution in [3.63, 3.8) is 0 Å². The molecule has 0 nitrogen and oxygen atoms in total. The van der Waals surface area contributed by atoms with Gasteiger partial charge in [-0.2, -0.15) is 0 Å². The highest BCUT2D eigenvalue weighted by molar-refractivity contribution is 5.14. The summed E-state index contributed by atoms with van der Waals surface area (Å²) < 4.78 is 40.9. The molecule has 0 N–H and O–H groups in total. The van der Waals surface area contributed by atoms with Crippen molar-refractivity contribution in [1.29, 1.82) is 0 Å². The Bertz CT molecular complexity index is 575. The first-order chi connectivity index (χ1) is 13.5. The fourth-order valence-corrected chi connectivity index (χ4v) is 6.59. The van der Waals surface area contributed by atoms with E-state index in [2.05, 4.69) is 19.1 Å². The molecule has 0 spiro atoms. The first-order valence-electron chi connectivity index (χ1n) is 11.8. The molecule has 158 valence electrons. The topological polar surface area (TPSA) is 0 Å². The molecule has 4 atom stereocenters. The van der Waals surface area contributed by atoms with Gasteiger partial charge in [-0.05, 0) is 101 Å². The lowest BCUT2D eigenvalue weighted by Gasteiger charge is -2.38. The van der Waals surface area contributed by atoms with Crippen molar-refractivity contribution in [3.8, 4) is 0 Å². The summed E-state index contributed by atoms with van der Waals surface area (Å²) in [5, 5.41) is 0. The van der Waals surface area contributed by atoms with E-state index in [0.717, 1.165) is 42.9 Å². The van der Waals surface area contributed by atoms with E-state index in [1.807, 2.05) is 0 Å². The fraction of sp³-hybridized carbons (Fsp3) is 0.840.